The molecule has 0 unspecified atom stereocenters. The number of carboxylic acid groups (broad SMARTS) is 1. The van der Waals surface area contributed by atoms with Gasteiger partial charge in [-0.25, -0.2) is 4.79 Å². The molecule has 0 aromatic heterocycles. The van der Waals surface area contributed by atoms with Crippen LogP contribution in [0, 0.1) is 0 Å². The molecule has 1 aliphatic rings. The lowest BCUT2D eigenvalue weighted by Gasteiger charge is -2.17. The number of carbonyl (C=O) groups is 3. The second-order valence-corrected chi connectivity index (χ2v) is 4.43. The van der Waals surface area contributed by atoms with Gasteiger partial charge in [0.05, 0.1) is 0 Å². The number of urea groups is 1. The largest absolute Gasteiger partial charge is 0.481 e. The van der Waals surface area contributed by atoms with Crippen LogP contribution in [-0.2, 0) is 9.59 Å². The van der Waals surface area contributed by atoms with Crippen molar-refractivity contribution in [2.24, 2.45) is 0 Å². The first kappa shape index (κ1) is 14.3. The van der Waals surface area contributed by atoms with Crippen LogP contribution < -0.4 is 10.6 Å². The number of rotatable bonds is 7. The van der Waals surface area contributed by atoms with Gasteiger partial charge in [0.25, 0.3) is 0 Å². The number of amides is 3. The maximum atomic E-state index is 11.5. The number of hydrogen-bond donors (Lipinski definition) is 3. The van der Waals surface area contributed by atoms with Crippen LogP contribution in [0.5, 0.6) is 0 Å². The summed E-state index contributed by atoms with van der Waals surface area (Å²) >= 11 is 0. The molecule has 0 spiro atoms. The molecular weight excluding hydrogens is 238 g/mol. The molecule has 0 saturated heterocycles. The number of carboxylic acids is 1. The highest BCUT2D eigenvalue weighted by Crippen LogP contribution is 2.18. The maximum absolute atomic E-state index is 11.5. The number of likely N-dealkylation sites (N-methyl/N-ethyl adjacent to an activating group) is 1. The fraction of sp³-hybridized carbons (Fsp3) is 0.727. The normalized spacial score (nSPS) is 13.8. The lowest BCUT2D eigenvalue weighted by Crippen LogP contribution is -2.44. The van der Waals surface area contributed by atoms with Crippen LogP contribution in [0.15, 0.2) is 0 Å². The van der Waals surface area contributed by atoms with Crippen LogP contribution >= 0.6 is 0 Å². The summed E-state index contributed by atoms with van der Waals surface area (Å²) in [5.41, 5.74) is 0. The number of nitrogens with one attached hydrogen (secondary N) is 2. The van der Waals surface area contributed by atoms with E-state index in [4.69, 9.17) is 5.11 Å². The summed E-state index contributed by atoms with van der Waals surface area (Å²) in [5.74, 6) is -1.05. The van der Waals surface area contributed by atoms with Crippen LogP contribution in [0.1, 0.15) is 25.7 Å². The molecule has 7 heteroatoms. The lowest BCUT2D eigenvalue weighted by molar-refractivity contribution is -0.137. The number of nitrogens with zero attached hydrogens (tertiary/aromatic N) is 1. The highest BCUT2D eigenvalue weighted by atomic mass is 16.4. The van der Waals surface area contributed by atoms with E-state index in [0.29, 0.717) is 13.0 Å². The van der Waals surface area contributed by atoms with Crippen molar-refractivity contribution in [3.8, 4) is 0 Å². The van der Waals surface area contributed by atoms with E-state index >= 15 is 0 Å². The molecule has 0 atom stereocenters. The summed E-state index contributed by atoms with van der Waals surface area (Å²) in [5, 5.41) is 13.8. The number of hydrogen-bond acceptors (Lipinski definition) is 3. The third kappa shape index (κ3) is 6.07. The number of carbonyl (C=O) groups excluding carboxylic acids is 2. The Kier molecular flexibility index (Phi) is 5.41. The van der Waals surface area contributed by atoms with E-state index in [2.05, 4.69) is 10.6 Å². The van der Waals surface area contributed by atoms with Crippen molar-refractivity contribution in [2.45, 2.75) is 31.7 Å². The molecule has 102 valence electrons. The summed E-state index contributed by atoms with van der Waals surface area (Å²) in [4.78, 5) is 34.5. The average molecular weight is 257 g/mol. The molecule has 7 nitrogen and oxygen atoms in total. The minimum absolute atomic E-state index is 0.0151. The van der Waals surface area contributed by atoms with Crippen LogP contribution in [-0.4, -0.2) is 54.1 Å². The minimum atomic E-state index is -0.888. The Bertz CT molecular complexity index is 328. The van der Waals surface area contributed by atoms with E-state index in [1.54, 1.807) is 0 Å². The molecule has 1 fully saturated rings. The molecule has 3 amide bonds. The Morgan fingerprint density at radius 2 is 2.00 bits per heavy atom. The molecule has 18 heavy (non-hydrogen) atoms. The van der Waals surface area contributed by atoms with Crippen molar-refractivity contribution in [3.05, 3.63) is 0 Å². The fourth-order valence-corrected chi connectivity index (χ4v) is 1.36. The fourth-order valence-electron chi connectivity index (χ4n) is 1.36. The van der Waals surface area contributed by atoms with Gasteiger partial charge in [-0.1, -0.05) is 0 Å². The summed E-state index contributed by atoms with van der Waals surface area (Å²) in [6.07, 6.45) is 2.42. The zero-order valence-corrected chi connectivity index (χ0v) is 10.4. The lowest BCUT2D eigenvalue weighted by atomic mass is 10.3. The monoisotopic (exact) mass is 257 g/mol. The third-order valence-electron chi connectivity index (χ3n) is 2.51. The Hall–Kier alpha value is -1.79. The topological polar surface area (TPSA) is 98.7 Å². The molecular formula is C11H19N3O4. The highest BCUT2D eigenvalue weighted by Gasteiger charge is 2.24. The molecule has 3 N–H and O–H groups in total. The van der Waals surface area contributed by atoms with Gasteiger partial charge in [0.15, 0.2) is 0 Å². The molecule has 0 heterocycles. The molecule has 1 aliphatic carbocycles. The smallest absolute Gasteiger partial charge is 0.317 e. The van der Waals surface area contributed by atoms with Gasteiger partial charge in [0.2, 0.25) is 5.91 Å². The molecule has 0 bridgehead atoms. The van der Waals surface area contributed by atoms with Crippen molar-refractivity contribution in [1.82, 2.24) is 15.5 Å². The van der Waals surface area contributed by atoms with Crippen molar-refractivity contribution < 1.29 is 19.5 Å². The number of aliphatic carboxylic acids is 1. The first-order valence-corrected chi connectivity index (χ1v) is 5.99. The Balaban J connectivity index is 2.11. The molecule has 0 aliphatic heterocycles. The molecule has 1 rings (SSSR count). The van der Waals surface area contributed by atoms with Gasteiger partial charge in [-0.15, -0.1) is 0 Å². The van der Waals surface area contributed by atoms with Crippen LogP contribution in [0.2, 0.25) is 0 Å². The van der Waals surface area contributed by atoms with Gasteiger partial charge in [-0.3, -0.25) is 9.59 Å². The van der Waals surface area contributed by atoms with Crippen LogP contribution in [0.3, 0.4) is 0 Å². The van der Waals surface area contributed by atoms with E-state index < -0.39 is 5.97 Å². The van der Waals surface area contributed by atoms with Gasteiger partial charge in [-0.05, 0) is 19.3 Å². The second-order valence-electron chi connectivity index (χ2n) is 4.43. The first-order chi connectivity index (χ1) is 8.49. The van der Waals surface area contributed by atoms with Gasteiger partial charge in [0, 0.05) is 26.1 Å². The minimum Gasteiger partial charge on any atom is -0.481 e. The maximum Gasteiger partial charge on any atom is 0.317 e. The third-order valence-corrected chi connectivity index (χ3v) is 2.51. The Labute approximate surface area is 106 Å². The van der Waals surface area contributed by atoms with E-state index in [1.807, 2.05) is 0 Å². The zero-order chi connectivity index (χ0) is 13.5. The van der Waals surface area contributed by atoms with E-state index in [9.17, 15) is 14.4 Å². The van der Waals surface area contributed by atoms with E-state index in [1.165, 1.54) is 11.9 Å². The first-order valence-electron chi connectivity index (χ1n) is 5.99. The predicted octanol–water partition coefficient (Wildman–Crippen LogP) is -0.229. The molecule has 0 aromatic rings. The summed E-state index contributed by atoms with van der Waals surface area (Å²) in [6.45, 7) is 0.307. The van der Waals surface area contributed by atoms with Crippen molar-refractivity contribution in [1.29, 1.82) is 0 Å². The summed E-state index contributed by atoms with van der Waals surface area (Å²) in [6, 6.07) is -0.0872. The van der Waals surface area contributed by atoms with Crippen molar-refractivity contribution >= 4 is 17.9 Å². The Morgan fingerprint density at radius 3 is 2.56 bits per heavy atom. The second kappa shape index (κ2) is 6.83. The average Bonchev–Trinajstić information content (AvgIpc) is 3.07. The van der Waals surface area contributed by atoms with E-state index in [0.717, 1.165) is 12.8 Å². The Morgan fingerprint density at radius 1 is 1.33 bits per heavy atom. The van der Waals surface area contributed by atoms with Crippen molar-refractivity contribution in [3.63, 3.8) is 0 Å². The van der Waals surface area contributed by atoms with Gasteiger partial charge < -0.3 is 20.6 Å². The predicted molar refractivity (Wildman–Crippen MR) is 64.1 cm³/mol. The highest BCUT2D eigenvalue weighted by molar-refractivity contribution is 5.84. The van der Waals surface area contributed by atoms with Crippen LogP contribution in [0.25, 0.3) is 0 Å². The van der Waals surface area contributed by atoms with E-state index in [-0.39, 0.29) is 30.9 Å². The quantitative estimate of drug-likeness (QED) is 0.549. The van der Waals surface area contributed by atoms with Gasteiger partial charge in [-0.2, -0.15) is 0 Å². The molecule has 0 aromatic carbocycles. The summed E-state index contributed by atoms with van der Waals surface area (Å²) in [7, 11) is 1.53. The van der Waals surface area contributed by atoms with Gasteiger partial charge >= 0.3 is 12.0 Å². The standard InChI is InChI=1S/C11H19N3O4/c1-14(7-9(15)13-8-4-5-8)11(18)12-6-2-3-10(16)17/h8H,2-7H2,1H3,(H,12,18)(H,13,15)(H,16,17). The molecule has 0 radical (unpaired) electrons. The van der Waals surface area contributed by atoms with Crippen molar-refractivity contribution in [2.75, 3.05) is 20.1 Å². The zero-order valence-electron chi connectivity index (χ0n) is 10.4. The molecule has 1 saturated carbocycles. The van der Waals surface area contributed by atoms with Gasteiger partial charge in [0.1, 0.15) is 6.54 Å². The summed E-state index contributed by atoms with van der Waals surface area (Å²) < 4.78 is 0. The SMILES string of the molecule is CN(CC(=O)NC1CC1)C(=O)NCCCC(=O)O. The van der Waals surface area contributed by atoms with Crippen LogP contribution in [0.4, 0.5) is 4.79 Å².